The molecule has 4 heteroatoms. The second kappa shape index (κ2) is 6.36. The van der Waals surface area contributed by atoms with Gasteiger partial charge in [-0.05, 0) is 43.0 Å². The Labute approximate surface area is 147 Å². The Morgan fingerprint density at radius 3 is 2.48 bits per heavy atom. The zero-order valence-corrected chi connectivity index (χ0v) is 14.4. The summed E-state index contributed by atoms with van der Waals surface area (Å²) < 4.78 is 0. The normalized spacial score (nSPS) is 21.4. The highest BCUT2D eigenvalue weighted by Gasteiger charge is 2.49. The lowest BCUT2D eigenvalue weighted by molar-refractivity contribution is -0.135. The van der Waals surface area contributed by atoms with Gasteiger partial charge in [0.1, 0.15) is 0 Å². The molecule has 25 heavy (non-hydrogen) atoms. The standard InChI is InChI=1S/C21H22N2O2/c1-14-6-8-17(9-7-14)22-20(24)18-12-19(18)21(25)23-11-10-15-4-2-3-5-16(15)13-23/h2-9,18-19H,10-13H2,1H3,(H,22,24). The minimum atomic E-state index is -0.189. The van der Waals surface area contributed by atoms with Crippen molar-refractivity contribution in [1.29, 1.82) is 0 Å². The van der Waals surface area contributed by atoms with E-state index in [0.29, 0.717) is 13.0 Å². The molecule has 1 saturated carbocycles. The van der Waals surface area contributed by atoms with Gasteiger partial charge in [-0.1, -0.05) is 42.0 Å². The van der Waals surface area contributed by atoms with Crippen molar-refractivity contribution >= 4 is 17.5 Å². The molecule has 2 aromatic carbocycles. The number of hydrogen-bond acceptors (Lipinski definition) is 2. The molecule has 4 rings (SSSR count). The molecular formula is C21H22N2O2. The van der Waals surface area contributed by atoms with E-state index in [-0.39, 0.29) is 23.7 Å². The van der Waals surface area contributed by atoms with Gasteiger partial charge in [0.15, 0.2) is 0 Å². The Balaban J connectivity index is 1.35. The Kier molecular flexibility index (Phi) is 4.04. The number of nitrogens with zero attached hydrogens (tertiary/aromatic N) is 1. The fourth-order valence-electron chi connectivity index (χ4n) is 3.55. The molecule has 2 amide bonds. The van der Waals surface area contributed by atoms with Gasteiger partial charge in [0.25, 0.3) is 0 Å². The zero-order valence-electron chi connectivity index (χ0n) is 14.4. The van der Waals surface area contributed by atoms with Gasteiger partial charge in [-0.25, -0.2) is 0 Å². The summed E-state index contributed by atoms with van der Waals surface area (Å²) >= 11 is 0. The number of anilines is 1. The first kappa shape index (κ1) is 15.9. The van der Waals surface area contributed by atoms with Crippen molar-refractivity contribution in [2.24, 2.45) is 11.8 Å². The van der Waals surface area contributed by atoms with Crippen LogP contribution in [0.3, 0.4) is 0 Å². The van der Waals surface area contributed by atoms with Crippen LogP contribution in [0, 0.1) is 18.8 Å². The summed E-state index contributed by atoms with van der Waals surface area (Å²) in [5.41, 5.74) is 4.50. The molecule has 2 aliphatic rings. The summed E-state index contributed by atoms with van der Waals surface area (Å²) in [7, 11) is 0. The SMILES string of the molecule is Cc1ccc(NC(=O)C2CC2C(=O)N2CCc3ccccc3C2)cc1. The Morgan fingerprint density at radius 2 is 1.72 bits per heavy atom. The first-order valence-electron chi connectivity index (χ1n) is 8.85. The van der Waals surface area contributed by atoms with Gasteiger partial charge in [0.2, 0.25) is 11.8 Å². The molecule has 128 valence electrons. The van der Waals surface area contributed by atoms with Crippen LogP contribution >= 0.6 is 0 Å². The van der Waals surface area contributed by atoms with Crippen LogP contribution < -0.4 is 5.32 Å². The van der Waals surface area contributed by atoms with Gasteiger partial charge in [0, 0.05) is 18.8 Å². The molecule has 1 fully saturated rings. The third kappa shape index (κ3) is 3.29. The summed E-state index contributed by atoms with van der Waals surface area (Å²) in [6, 6.07) is 16.0. The highest BCUT2D eigenvalue weighted by atomic mass is 16.2. The lowest BCUT2D eigenvalue weighted by Crippen LogP contribution is -2.37. The fraction of sp³-hybridized carbons (Fsp3) is 0.333. The van der Waals surface area contributed by atoms with E-state index in [2.05, 4.69) is 17.4 Å². The minimum absolute atomic E-state index is 0.0420. The summed E-state index contributed by atoms with van der Waals surface area (Å²) in [6.07, 6.45) is 1.56. The summed E-state index contributed by atoms with van der Waals surface area (Å²) in [4.78, 5) is 27.0. The van der Waals surface area contributed by atoms with E-state index in [1.54, 1.807) is 0 Å². The Bertz CT molecular complexity index is 813. The lowest BCUT2D eigenvalue weighted by Gasteiger charge is -2.29. The highest BCUT2D eigenvalue weighted by molar-refractivity contribution is 5.99. The number of aryl methyl sites for hydroxylation is 1. The molecule has 1 aliphatic heterocycles. The monoisotopic (exact) mass is 334 g/mol. The van der Waals surface area contributed by atoms with Crippen LogP contribution in [0.2, 0.25) is 0 Å². The van der Waals surface area contributed by atoms with E-state index in [0.717, 1.165) is 24.2 Å². The molecule has 2 aromatic rings. The van der Waals surface area contributed by atoms with E-state index in [9.17, 15) is 9.59 Å². The van der Waals surface area contributed by atoms with Crippen LogP contribution in [-0.4, -0.2) is 23.3 Å². The van der Waals surface area contributed by atoms with Crippen LogP contribution in [0.15, 0.2) is 48.5 Å². The number of nitrogens with one attached hydrogen (secondary N) is 1. The third-order valence-corrected chi connectivity index (χ3v) is 5.21. The minimum Gasteiger partial charge on any atom is -0.338 e. The second-order valence-corrected chi connectivity index (χ2v) is 7.08. The van der Waals surface area contributed by atoms with Crippen LogP contribution in [0.1, 0.15) is 23.1 Å². The number of rotatable bonds is 3. The molecule has 0 aromatic heterocycles. The van der Waals surface area contributed by atoms with Crippen molar-refractivity contribution in [1.82, 2.24) is 4.90 Å². The molecule has 2 unspecified atom stereocenters. The van der Waals surface area contributed by atoms with E-state index < -0.39 is 0 Å². The molecule has 0 bridgehead atoms. The predicted octanol–water partition coefficient (Wildman–Crippen LogP) is 3.15. The quantitative estimate of drug-likeness (QED) is 0.937. The Hall–Kier alpha value is -2.62. The number of hydrogen-bond donors (Lipinski definition) is 1. The van der Waals surface area contributed by atoms with E-state index >= 15 is 0 Å². The zero-order chi connectivity index (χ0) is 17.4. The number of carbonyl (C=O) groups excluding carboxylic acids is 2. The molecule has 1 N–H and O–H groups in total. The number of benzene rings is 2. The molecule has 0 radical (unpaired) electrons. The average molecular weight is 334 g/mol. The molecule has 1 heterocycles. The maximum atomic E-state index is 12.7. The molecule has 1 aliphatic carbocycles. The number of carbonyl (C=O) groups is 2. The first-order chi connectivity index (χ1) is 12.1. The highest BCUT2D eigenvalue weighted by Crippen LogP contribution is 2.41. The van der Waals surface area contributed by atoms with E-state index in [1.807, 2.05) is 48.2 Å². The summed E-state index contributed by atoms with van der Waals surface area (Å²) in [6.45, 7) is 3.43. The van der Waals surface area contributed by atoms with Gasteiger partial charge in [-0.15, -0.1) is 0 Å². The van der Waals surface area contributed by atoms with Crippen LogP contribution in [0.5, 0.6) is 0 Å². The van der Waals surface area contributed by atoms with Crippen molar-refractivity contribution in [2.75, 3.05) is 11.9 Å². The summed E-state index contributed by atoms with van der Waals surface area (Å²) in [5, 5.41) is 2.92. The third-order valence-electron chi connectivity index (χ3n) is 5.21. The maximum Gasteiger partial charge on any atom is 0.228 e. The van der Waals surface area contributed by atoms with Crippen molar-refractivity contribution < 1.29 is 9.59 Å². The van der Waals surface area contributed by atoms with Crippen molar-refractivity contribution in [3.63, 3.8) is 0 Å². The largest absolute Gasteiger partial charge is 0.338 e. The maximum absolute atomic E-state index is 12.7. The van der Waals surface area contributed by atoms with Gasteiger partial charge in [-0.2, -0.15) is 0 Å². The van der Waals surface area contributed by atoms with Gasteiger partial charge in [-0.3, -0.25) is 9.59 Å². The fourth-order valence-corrected chi connectivity index (χ4v) is 3.55. The van der Waals surface area contributed by atoms with Crippen LogP contribution in [-0.2, 0) is 22.6 Å². The second-order valence-electron chi connectivity index (χ2n) is 7.08. The summed E-state index contributed by atoms with van der Waals surface area (Å²) in [5.74, 6) is -0.264. The van der Waals surface area contributed by atoms with Crippen molar-refractivity contribution in [3.8, 4) is 0 Å². The topological polar surface area (TPSA) is 49.4 Å². The number of fused-ring (bicyclic) bond motifs is 1. The number of amides is 2. The van der Waals surface area contributed by atoms with E-state index in [1.165, 1.54) is 11.1 Å². The van der Waals surface area contributed by atoms with Crippen molar-refractivity contribution in [3.05, 3.63) is 65.2 Å². The molecule has 4 nitrogen and oxygen atoms in total. The van der Waals surface area contributed by atoms with Crippen LogP contribution in [0.25, 0.3) is 0 Å². The van der Waals surface area contributed by atoms with Crippen LogP contribution in [0.4, 0.5) is 5.69 Å². The van der Waals surface area contributed by atoms with Gasteiger partial charge < -0.3 is 10.2 Å². The Morgan fingerprint density at radius 1 is 1.00 bits per heavy atom. The lowest BCUT2D eigenvalue weighted by atomic mass is 9.99. The van der Waals surface area contributed by atoms with E-state index in [4.69, 9.17) is 0 Å². The molecule has 0 saturated heterocycles. The first-order valence-corrected chi connectivity index (χ1v) is 8.85. The van der Waals surface area contributed by atoms with Crippen molar-refractivity contribution in [2.45, 2.75) is 26.3 Å². The smallest absolute Gasteiger partial charge is 0.228 e. The van der Waals surface area contributed by atoms with Gasteiger partial charge in [0.05, 0.1) is 11.8 Å². The predicted molar refractivity (Wildman–Crippen MR) is 97.0 cm³/mol. The molecular weight excluding hydrogens is 312 g/mol. The van der Waals surface area contributed by atoms with Gasteiger partial charge >= 0.3 is 0 Å². The average Bonchev–Trinajstić information content (AvgIpc) is 3.43. The molecule has 2 atom stereocenters. The molecule has 0 spiro atoms.